The number of nitrogens with zero attached hydrogens (tertiary/aromatic N) is 1. The molecule has 2 atom stereocenters. The Hall–Kier alpha value is -1.36. The van der Waals surface area contributed by atoms with Crippen molar-refractivity contribution in [1.29, 1.82) is 0 Å². The molecule has 1 amide bonds. The van der Waals surface area contributed by atoms with Crippen LogP contribution in [0, 0.1) is 5.92 Å². The first-order valence-corrected chi connectivity index (χ1v) is 7.63. The Kier molecular flexibility index (Phi) is 4.58. The molecule has 2 heterocycles. The van der Waals surface area contributed by atoms with Crippen molar-refractivity contribution in [3.05, 3.63) is 22.4 Å². The summed E-state index contributed by atoms with van der Waals surface area (Å²) in [6, 6.07) is 1.63. The van der Waals surface area contributed by atoms with Gasteiger partial charge in [-0.15, -0.1) is 0 Å². The van der Waals surface area contributed by atoms with E-state index in [0.29, 0.717) is 25.8 Å². The van der Waals surface area contributed by atoms with Gasteiger partial charge in [-0.25, -0.2) is 0 Å². The third kappa shape index (κ3) is 2.97. The predicted octanol–water partition coefficient (Wildman–Crippen LogP) is 2.91. The fraction of sp³-hybridized carbons (Fsp3) is 0.571. The second kappa shape index (κ2) is 6.19. The van der Waals surface area contributed by atoms with Crippen LogP contribution in [0.25, 0.3) is 0 Å². The Bertz CT molecular complexity index is 444. The number of likely N-dealkylation sites (tertiary alicyclic amines) is 1. The molecular formula is C14H19NO3S. The molecule has 19 heavy (non-hydrogen) atoms. The van der Waals surface area contributed by atoms with E-state index in [1.807, 2.05) is 23.8 Å². The highest BCUT2D eigenvalue weighted by Crippen LogP contribution is 2.36. The van der Waals surface area contributed by atoms with Gasteiger partial charge in [0.05, 0.1) is 12.0 Å². The summed E-state index contributed by atoms with van der Waals surface area (Å²) in [6.45, 7) is 2.64. The van der Waals surface area contributed by atoms with Gasteiger partial charge in [0.15, 0.2) is 0 Å². The molecule has 2 unspecified atom stereocenters. The number of rotatable bonds is 4. The normalized spacial score (nSPS) is 24.3. The first-order valence-electron chi connectivity index (χ1n) is 6.69. The number of hydrogen-bond acceptors (Lipinski definition) is 3. The van der Waals surface area contributed by atoms with Crippen LogP contribution in [0.4, 0.5) is 0 Å². The van der Waals surface area contributed by atoms with Gasteiger partial charge in [0.1, 0.15) is 0 Å². The number of carbonyl (C=O) groups is 2. The van der Waals surface area contributed by atoms with Crippen LogP contribution in [0.1, 0.15) is 44.2 Å². The third-order valence-corrected chi connectivity index (χ3v) is 4.31. The number of carboxylic acids is 1. The average Bonchev–Trinajstić information content (AvgIpc) is 2.84. The molecule has 1 aromatic rings. The van der Waals surface area contributed by atoms with Gasteiger partial charge < -0.3 is 10.0 Å². The molecule has 104 valence electrons. The smallest absolute Gasteiger partial charge is 0.308 e. The number of hydrogen-bond donors (Lipinski definition) is 1. The van der Waals surface area contributed by atoms with Gasteiger partial charge in [0, 0.05) is 13.0 Å². The van der Waals surface area contributed by atoms with E-state index < -0.39 is 11.9 Å². The van der Waals surface area contributed by atoms with Crippen molar-refractivity contribution in [2.45, 2.75) is 38.6 Å². The fourth-order valence-corrected chi connectivity index (χ4v) is 3.46. The zero-order valence-corrected chi connectivity index (χ0v) is 11.9. The molecule has 1 saturated heterocycles. The standard InChI is InChI=1S/C14H19NO3S/c1-2-7-15-12(16)5-3-4-11(14(17)18)13(15)10-6-8-19-9-10/h6,8-9,11,13H,2-5,7H2,1H3,(H,17,18). The number of thiophene rings is 1. The molecule has 0 saturated carbocycles. The van der Waals surface area contributed by atoms with Gasteiger partial charge in [-0.2, -0.15) is 11.3 Å². The van der Waals surface area contributed by atoms with E-state index in [2.05, 4.69) is 0 Å². The summed E-state index contributed by atoms with van der Waals surface area (Å²) < 4.78 is 0. The molecule has 0 bridgehead atoms. The van der Waals surface area contributed by atoms with E-state index in [1.54, 1.807) is 16.2 Å². The molecule has 1 aliphatic heterocycles. The van der Waals surface area contributed by atoms with Gasteiger partial charge in [-0.3, -0.25) is 9.59 Å². The fourth-order valence-electron chi connectivity index (χ4n) is 2.77. The van der Waals surface area contributed by atoms with Gasteiger partial charge in [0.25, 0.3) is 0 Å². The molecule has 1 aromatic heterocycles. The lowest BCUT2D eigenvalue weighted by atomic mass is 9.90. The summed E-state index contributed by atoms with van der Waals surface area (Å²) in [7, 11) is 0. The van der Waals surface area contributed by atoms with E-state index in [1.165, 1.54) is 0 Å². The van der Waals surface area contributed by atoms with Crippen molar-refractivity contribution in [3.63, 3.8) is 0 Å². The van der Waals surface area contributed by atoms with Crippen molar-refractivity contribution < 1.29 is 14.7 Å². The molecule has 1 fully saturated rings. The number of carbonyl (C=O) groups excluding carboxylic acids is 1. The van der Waals surface area contributed by atoms with Gasteiger partial charge in [-0.1, -0.05) is 6.92 Å². The molecule has 4 nitrogen and oxygen atoms in total. The Morgan fingerprint density at radius 2 is 2.37 bits per heavy atom. The topological polar surface area (TPSA) is 57.6 Å². The number of aliphatic carboxylic acids is 1. The minimum Gasteiger partial charge on any atom is -0.481 e. The minimum atomic E-state index is -0.799. The lowest BCUT2D eigenvalue weighted by Crippen LogP contribution is -2.39. The van der Waals surface area contributed by atoms with Gasteiger partial charge in [0.2, 0.25) is 5.91 Å². The SMILES string of the molecule is CCCN1C(=O)CCCC(C(=O)O)C1c1ccsc1. The largest absolute Gasteiger partial charge is 0.481 e. The summed E-state index contributed by atoms with van der Waals surface area (Å²) in [4.78, 5) is 25.5. The van der Waals surface area contributed by atoms with Crippen LogP contribution in [0.3, 0.4) is 0 Å². The van der Waals surface area contributed by atoms with E-state index in [0.717, 1.165) is 12.0 Å². The highest BCUT2D eigenvalue weighted by molar-refractivity contribution is 7.08. The molecule has 0 radical (unpaired) electrons. The zero-order chi connectivity index (χ0) is 13.8. The Balaban J connectivity index is 2.39. The van der Waals surface area contributed by atoms with Crippen molar-refractivity contribution in [2.24, 2.45) is 5.92 Å². The Labute approximate surface area is 117 Å². The van der Waals surface area contributed by atoms with Gasteiger partial charge >= 0.3 is 5.97 Å². The molecule has 1 aliphatic rings. The Morgan fingerprint density at radius 3 is 2.95 bits per heavy atom. The zero-order valence-electron chi connectivity index (χ0n) is 11.0. The first kappa shape index (κ1) is 14.1. The number of carboxylic acid groups (broad SMARTS) is 1. The second-order valence-corrected chi connectivity index (χ2v) is 5.71. The molecule has 5 heteroatoms. The minimum absolute atomic E-state index is 0.0850. The second-order valence-electron chi connectivity index (χ2n) is 4.93. The quantitative estimate of drug-likeness (QED) is 0.923. The first-order chi connectivity index (χ1) is 9.15. The van der Waals surface area contributed by atoms with Crippen molar-refractivity contribution in [2.75, 3.05) is 6.54 Å². The summed E-state index contributed by atoms with van der Waals surface area (Å²) >= 11 is 1.54. The van der Waals surface area contributed by atoms with E-state index in [-0.39, 0.29) is 11.9 Å². The van der Waals surface area contributed by atoms with E-state index in [4.69, 9.17) is 0 Å². The van der Waals surface area contributed by atoms with Crippen LogP contribution in [0.5, 0.6) is 0 Å². The van der Waals surface area contributed by atoms with Crippen LogP contribution in [-0.4, -0.2) is 28.4 Å². The maximum atomic E-state index is 12.2. The lowest BCUT2D eigenvalue weighted by Gasteiger charge is -2.33. The Morgan fingerprint density at radius 1 is 1.58 bits per heavy atom. The monoisotopic (exact) mass is 281 g/mol. The van der Waals surface area contributed by atoms with Crippen molar-refractivity contribution in [3.8, 4) is 0 Å². The third-order valence-electron chi connectivity index (χ3n) is 3.61. The van der Waals surface area contributed by atoms with Crippen molar-refractivity contribution >= 4 is 23.2 Å². The highest BCUT2D eigenvalue weighted by Gasteiger charge is 2.38. The van der Waals surface area contributed by atoms with Crippen LogP contribution in [0.2, 0.25) is 0 Å². The van der Waals surface area contributed by atoms with E-state index in [9.17, 15) is 14.7 Å². The lowest BCUT2D eigenvalue weighted by molar-refractivity contribution is -0.146. The van der Waals surface area contributed by atoms with E-state index >= 15 is 0 Å². The number of amides is 1. The molecule has 0 aromatic carbocycles. The molecule has 1 N–H and O–H groups in total. The highest BCUT2D eigenvalue weighted by atomic mass is 32.1. The molecule has 0 spiro atoms. The van der Waals surface area contributed by atoms with Crippen molar-refractivity contribution in [1.82, 2.24) is 4.90 Å². The summed E-state index contributed by atoms with van der Waals surface area (Å²) in [5.41, 5.74) is 0.959. The molecule has 2 rings (SSSR count). The van der Waals surface area contributed by atoms with Crippen LogP contribution < -0.4 is 0 Å². The predicted molar refractivity (Wildman–Crippen MR) is 74.0 cm³/mol. The van der Waals surface area contributed by atoms with Crippen LogP contribution >= 0.6 is 11.3 Å². The molecule has 0 aliphatic carbocycles. The van der Waals surface area contributed by atoms with Gasteiger partial charge in [-0.05, 0) is 41.7 Å². The summed E-state index contributed by atoms with van der Waals surface area (Å²) in [5, 5.41) is 13.4. The molecular weight excluding hydrogens is 262 g/mol. The average molecular weight is 281 g/mol. The maximum absolute atomic E-state index is 12.2. The summed E-state index contributed by atoms with van der Waals surface area (Å²) in [6.07, 6.45) is 2.54. The van der Waals surface area contributed by atoms with Crippen LogP contribution in [-0.2, 0) is 9.59 Å². The maximum Gasteiger partial charge on any atom is 0.308 e. The summed E-state index contributed by atoms with van der Waals surface area (Å²) in [5.74, 6) is -1.21. The van der Waals surface area contributed by atoms with Crippen LogP contribution in [0.15, 0.2) is 16.8 Å².